The van der Waals surface area contributed by atoms with Crippen LogP contribution in [0.15, 0.2) is 97.1 Å². The fourth-order valence-corrected chi connectivity index (χ4v) is 5.58. The van der Waals surface area contributed by atoms with Crippen LogP contribution in [0, 0.1) is 0 Å². The molecule has 0 bridgehead atoms. The lowest BCUT2D eigenvalue weighted by Gasteiger charge is -2.17. The summed E-state index contributed by atoms with van der Waals surface area (Å²) in [5.74, 6) is -0.523. The number of rotatable bonds is 8. The van der Waals surface area contributed by atoms with Gasteiger partial charge in [0.05, 0.1) is 0 Å². The quantitative estimate of drug-likeness (QED) is 0.238. The van der Waals surface area contributed by atoms with Crippen LogP contribution < -0.4 is 20.4 Å². The van der Waals surface area contributed by atoms with Gasteiger partial charge in [-0.05, 0) is 123 Å². The molecule has 2 N–H and O–H groups in total. The van der Waals surface area contributed by atoms with Crippen molar-refractivity contribution in [1.82, 2.24) is 0 Å². The molecule has 0 saturated carbocycles. The Kier molecular flexibility index (Phi) is 7.99. The first-order valence-corrected chi connectivity index (χ1v) is 14.6. The van der Waals surface area contributed by atoms with E-state index in [-0.39, 0.29) is 17.6 Å². The Morgan fingerprint density at radius 2 is 0.738 bits per heavy atom. The van der Waals surface area contributed by atoms with E-state index in [1.807, 2.05) is 48.5 Å². The molecule has 212 valence electrons. The van der Waals surface area contributed by atoms with Crippen molar-refractivity contribution >= 4 is 40.3 Å². The van der Waals surface area contributed by atoms with Crippen molar-refractivity contribution in [3.63, 3.8) is 0 Å². The van der Waals surface area contributed by atoms with Gasteiger partial charge in [0, 0.05) is 71.2 Å². The van der Waals surface area contributed by atoms with E-state index < -0.39 is 0 Å². The van der Waals surface area contributed by atoms with Gasteiger partial charge in [-0.25, -0.2) is 0 Å². The topological polar surface area (TPSA) is 81.8 Å². The van der Waals surface area contributed by atoms with Gasteiger partial charge >= 0.3 is 0 Å². The first-order valence-electron chi connectivity index (χ1n) is 14.6. The average molecular weight is 559 g/mol. The Balaban J connectivity index is 1.03. The van der Waals surface area contributed by atoms with Gasteiger partial charge < -0.3 is 20.4 Å². The molecular formula is C35H34N4O3. The van der Waals surface area contributed by atoms with E-state index in [1.165, 1.54) is 25.7 Å². The standard InChI is InChI=1S/C35H34N4O3/c40-33(25-5-13-29(14-6-25)36-34(41)27-9-17-31(18-10-27)38-21-1-2-22-38)26-7-15-30(16-8-26)37-35(42)28-11-19-32(20-12-28)39-23-3-4-24-39/h5-20H,1-4,21-24H2,(H,36,41)(H,37,42). The van der Waals surface area contributed by atoms with Crippen molar-refractivity contribution in [1.29, 1.82) is 0 Å². The molecule has 42 heavy (non-hydrogen) atoms. The van der Waals surface area contributed by atoms with Crippen molar-refractivity contribution in [2.75, 3.05) is 46.6 Å². The lowest BCUT2D eigenvalue weighted by Crippen LogP contribution is -2.18. The van der Waals surface area contributed by atoms with Crippen LogP contribution in [0.1, 0.15) is 62.3 Å². The van der Waals surface area contributed by atoms with E-state index in [9.17, 15) is 14.4 Å². The molecule has 2 fully saturated rings. The highest BCUT2D eigenvalue weighted by molar-refractivity contribution is 6.10. The van der Waals surface area contributed by atoms with Crippen molar-refractivity contribution in [2.45, 2.75) is 25.7 Å². The molecule has 2 heterocycles. The molecule has 7 heteroatoms. The zero-order valence-corrected chi connectivity index (χ0v) is 23.5. The number of carbonyl (C=O) groups is 3. The van der Waals surface area contributed by atoms with Gasteiger partial charge in [-0.1, -0.05) is 0 Å². The Bertz CT molecular complexity index is 1430. The molecule has 2 saturated heterocycles. The number of ketones is 1. The van der Waals surface area contributed by atoms with E-state index in [0.717, 1.165) is 37.6 Å². The average Bonchev–Trinajstić information content (AvgIpc) is 3.77. The van der Waals surface area contributed by atoms with Crippen LogP contribution in [-0.4, -0.2) is 43.8 Å². The van der Waals surface area contributed by atoms with Crippen molar-refractivity contribution in [3.8, 4) is 0 Å². The number of amides is 2. The third-order valence-corrected chi connectivity index (χ3v) is 8.01. The Morgan fingerprint density at radius 1 is 0.429 bits per heavy atom. The number of hydrogen-bond donors (Lipinski definition) is 2. The molecular weight excluding hydrogens is 524 g/mol. The molecule has 0 unspecified atom stereocenters. The van der Waals surface area contributed by atoms with Crippen LogP contribution in [0.25, 0.3) is 0 Å². The van der Waals surface area contributed by atoms with Crippen molar-refractivity contribution in [2.24, 2.45) is 0 Å². The maximum atomic E-state index is 13.1. The van der Waals surface area contributed by atoms with E-state index in [2.05, 4.69) is 20.4 Å². The molecule has 0 aromatic heterocycles. The van der Waals surface area contributed by atoms with Crippen LogP contribution >= 0.6 is 0 Å². The van der Waals surface area contributed by atoms with Crippen LogP contribution in [0.2, 0.25) is 0 Å². The highest BCUT2D eigenvalue weighted by atomic mass is 16.2. The molecule has 0 atom stereocenters. The third kappa shape index (κ3) is 6.20. The molecule has 7 nitrogen and oxygen atoms in total. The molecule has 6 rings (SSSR count). The summed E-state index contributed by atoms with van der Waals surface area (Å²) >= 11 is 0. The zero-order valence-electron chi connectivity index (χ0n) is 23.5. The monoisotopic (exact) mass is 558 g/mol. The molecule has 0 spiro atoms. The van der Waals surface area contributed by atoms with E-state index >= 15 is 0 Å². The normalized spacial score (nSPS) is 14.6. The highest BCUT2D eigenvalue weighted by Gasteiger charge is 2.15. The minimum atomic E-state index is -0.192. The number of nitrogens with one attached hydrogen (secondary N) is 2. The lowest BCUT2D eigenvalue weighted by molar-refractivity contribution is 0.101. The minimum Gasteiger partial charge on any atom is -0.372 e. The summed E-state index contributed by atoms with van der Waals surface area (Å²) in [6, 6.07) is 29.1. The van der Waals surface area contributed by atoms with Crippen LogP contribution in [-0.2, 0) is 0 Å². The predicted octanol–water partition coefficient (Wildman–Crippen LogP) is 6.62. The van der Waals surface area contributed by atoms with Gasteiger partial charge in [0.25, 0.3) is 11.8 Å². The number of benzene rings is 4. The smallest absolute Gasteiger partial charge is 0.255 e. The molecule has 4 aromatic rings. The number of anilines is 4. The second kappa shape index (κ2) is 12.3. The molecule has 4 aromatic carbocycles. The first kappa shape index (κ1) is 27.3. The predicted molar refractivity (Wildman–Crippen MR) is 168 cm³/mol. The summed E-state index contributed by atoms with van der Waals surface area (Å²) < 4.78 is 0. The van der Waals surface area contributed by atoms with Crippen molar-refractivity contribution in [3.05, 3.63) is 119 Å². The fourth-order valence-electron chi connectivity index (χ4n) is 5.58. The third-order valence-electron chi connectivity index (χ3n) is 8.01. The SMILES string of the molecule is O=C(Nc1ccc(C(=O)c2ccc(NC(=O)c3ccc(N4CCCC4)cc3)cc2)cc1)c1ccc(N2CCCC2)cc1. The van der Waals surface area contributed by atoms with Gasteiger partial charge in [-0.15, -0.1) is 0 Å². The number of nitrogens with zero attached hydrogens (tertiary/aromatic N) is 2. The van der Waals surface area contributed by atoms with Crippen molar-refractivity contribution < 1.29 is 14.4 Å². The number of carbonyl (C=O) groups excluding carboxylic acids is 3. The number of hydrogen-bond acceptors (Lipinski definition) is 5. The molecule has 0 aliphatic carbocycles. The molecule has 0 radical (unpaired) electrons. The summed E-state index contributed by atoms with van der Waals surface area (Å²) in [4.78, 5) is 43.2. The van der Waals surface area contributed by atoms with Crippen LogP contribution in [0.3, 0.4) is 0 Å². The maximum absolute atomic E-state index is 13.1. The second-order valence-electron chi connectivity index (χ2n) is 10.9. The summed E-state index contributed by atoms with van der Waals surface area (Å²) in [6.45, 7) is 4.24. The summed E-state index contributed by atoms with van der Waals surface area (Å²) in [7, 11) is 0. The summed E-state index contributed by atoms with van der Waals surface area (Å²) in [5, 5.41) is 5.81. The Labute approximate surface area is 246 Å². The van der Waals surface area contributed by atoms with Gasteiger partial charge in [0.2, 0.25) is 0 Å². The van der Waals surface area contributed by atoms with Gasteiger partial charge in [-0.2, -0.15) is 0 Å². The summed E-state index contributed by atoms with van der Waals surface area (Å²) in [5.41, 5.74) is 5.72. The molecule has 2 amide bonds. The largest absolute Gasteiger partial charge is 0.372 e. The first-order chi connectivity index (χ1) is 20.5. The van der Waals surface area contributed by atoms with Crippen LogP contribution in [0.5, 0.6) is 0 Å². The second-order valence-corrected chi connectivity index (χ2v) is 10.9. The highest BCUT2D eigenvalue weighted by Crippen LogP contribution is 2.23. The minimum absolute atomic E-state index is 0.138. The Hall–Kier alpha value is -4.91. The van der Waals surface area contributed by atoms with Gasteiger partial charge in [0.15, 0.2) is 5.78 Å². The van der Waals surface area contributed by atoms with E-state index in [0.29, 0.717) is 33.6 Å². The van der Waals surface area contributed by atoms with E-state index in [4.69, 9.17) is 0 Å². The fraction of sp³-hybridized carbons (Fsp3) is 0.229. The maximum Gasteiger partial charge on any atom is 0.255 e. The van der Waals surface area contributed by atoms with Crippen LogP contribution in [0.4, 0.5) is 22.7 Å². The zero-order chi connectivity index (χ0) is 28.9. The molecule has 2 aliphatic heterocycles. The summed E-state index contributed by atoms with van der Waals surface area (Å²) in [6.07, 6.45) is 4.83. The lowest BCUT2D eigenvalue weighted by atomic mass is 10.0. The molecule has 2 aliphatic rings. The van der Waals surface area contributed by atoms with E-state index in [1.54, 1.807) is 48.5 Å². The van der Waals surface area contributed by atoms with Gasteiger partial charge in [-0.3, -0.25) is 14.4 Å². The Morgan fingerprint density at radius 3 is 1.07 bits per heavy atom. The van der Waals surface area contributed by atoms with Gasteiger partial charge in [0.1, 0.15) is 0 Å².